The number of rotatable bonds is 1. The highest BCUT2D eigenvalue weighted by atomic mass is 19.4. The quantitative estimate of drug-likeness (QED) is 0.806. The second-order valence-corrected chi connectivity index (χ2v) is 5.00. The maximum atomic E-state index is 12.3. The first-order valence-electron chi connectivity index (χ1n) is 5.56. The van der Waals surface area contributed by atoms with Gasteiger partial charge in [-0.2, -0.15) is 18.7 Å². The van der Waals surface area contributed by atoms with Crippen molar-refractivity contribution >= 4 is 11.9 Å². The summed E-state index contributed by atoms with van der Waals surface area (Å²) < 4.78 is 36.8. The first kappa shape index (κ1) is 15.9. The molecule has 0 aromatic carbocycles. The fraction of sp³-hybridized carbons (Fsp3) is 0.417. The molecule has 0 aliphatic carbocycles. The molecule has 0 atom stereocenters. The smallest absolute Gasteiger partial charge is 0.340 e. The molecule has 1 aromatic rings. The van der Waals surface area contributed by atoms with Crippen LogP contribution in [0.5, 0.6) is 0 Å². The first-order valence-corrected chi connectivity index (χ1v) is 5.56. The van der Waals surface area contributed by atoms with E-state index in [9.17, 15) is 22.8 Å². The van der Waals surface area contributed by atoms with E-state index in [0.29, 0.717) is 6.07 Å². The topological polar surface area (TPSA) is 68.3 Å². The number of nitrogens with one attached hydrogen (secondary N) is 1. The normalized spacial score (nSPS) is 11.9. The van der Waals surface area contributed by atoms with E-state index in [-0.39, 0.29) is 5.56 Å². The van der Waals surface area contributed by atoms with Gasteiger partial charge in [0.2, 0.25) is 0 Å². The summed E-state index contributed by atoms with van der Waals surface area (Å²) in [6, 6.07) is 1.61. The van der Waals surface area contributed by atoms with Crippen LogP contribution in [0.1, 0.15) is 36.8 Å². The van der Waals surface area contributed by atoms with E-state index in [0.717, 1.165) is 12.3 Å². The number of aromatic nitrogens is 1. The molecular formula is C12H13F3N2O3. The zero-order chi connectivity index (χ0) is 15.6. The van der Waals surface area contributed by atoms with Crippen LogP contribution < -0.4 is 5.48 Å². The van der Waals surface area contributed by atoms with Crippen LogP contribution >= 0.6 is 0 Å². The summed E-state index contributed by atoms with van der Waals surface area (Å²) in [7, 11) is 0. The molecule has 1 heterocycles. The lowest BCUT2D eigenvalue weighted by atomic mass is 9.98. The number of nitrogens with zero attached hydrogens (tertiary/aromatic N) is 1. The highest BCUT2D eigenvalue weighted by Crippen LogP contribution is 2.27. The van der Waals surface area contributed by atoms with Gasteiger partial charge in [0.05, 0.1) is 11.0 Å². The number of alkyl halides is 3. The Morgan fingerprint density at radius 3 is 2.20 bits per heavy atom. The minimum atomic E-state index is -4.58. The summed E-state index contributed by atoms with van der Waals surface area (Å²) in [5, 5.41) is 0. The number of carbonyl (C=O) groups is 2. The van der Waals surface area contributed by atoms with Gasteiger partial charge in [-0.25, -0.2) is 4.79 Å². The minimum Gasteiger partial charge on any atom is -0.340 e. The molecule has 8 heteroatoms. The van der Waals surface area contributed by atoms with Gasteiger partial charge in [0.25, 0.3) is 5.91 Å². The van der Waals surface area contributed by atoms with Crippen molar-refractivity contribution in [1.29, 1.82) is 0 Å². The van der Waals surface area contributed by atoms with Crippen LogP contribution in [0.3, 0.4) is 0 Å². The highest BCUT2D eigenvalue weighted by Gasteiger charge is 2.32. The minimum absolute atomic E-state index is 0.153. The van der Waals surface area contributed by atoms with Crippen molar-refractivity contribution in [3.63, 3.8) is 0 Å². The van der Waals surface area contributed by atoms with Gasteiger partial charge in [0.1, 0.15) is 5.69 Å². The zero-order valence-corrected chi connectivity index (χ0v) is 11.0. The van der Waals surface area contributed by atoms with E-state index in [1.807, 2.05) is 5.48 Å². The Balaban J connectivity index is 2.68. The third-order valence-electron chi connectivity index (χ3n) is 2.16. The van der Waals surface area contributed by atoms with Gasteiger partial charge >= 0.3 is 12.1 Å². The van der Waals surface area contributed by atoms with Crippen molar-refractivity contribution in [2.24, 2.45) is 5.41 Å². The summed E-state index contributed by atoms with van der Waals surface area (Å²) in [5.41, 5.74) is -0.224. The molecule has 0 saturated heterocycles. The molecule has 0 spiro atoms. The molecule has 1 N–H and O–H groups in total. The predicted molar refractivity (Wildman–Crippen MR) is 62.3 cm³/mol. The van der Waals surface area contributed by atoms with Gasteiger partial charge in [-0.1, -0.05) is 0 Å². The highest BCUT2D eigenvalue weighted by molar-refractivity contribution is 5.94. The Morgan fingerprint density at radius 1 is 1.20 bits per heavy atom. The lowest BCUT2D eigenvalue weighted by Crippen LogP contribution is -2.33. The summed E-state index contributed by atoms with van der Waals surface area (Å²) in [6.07, 6.45) is -3.82. The molecule has 20 heavy (non-hydrogen) atoms. The van der Waals surface area contributed by atoms with Gasteiger partial charge in [0.15, 0.2) is 0 Å². The maximum absolute atomic E-state index is 12.3. The number of hydroxylamine groups is 1. The molecule has 0 fully saturated rings. The summed E-state index contributed by atoms with van der Waals surface area (Å²) >= 11 is 0. The average molecular weight is 290 g/mol. The molecule has 5 nitrogen and oxygen atoms in total. The lowest BCUT2D eigenvalue weighted by molar-refractivity contribution is -0.158. The molecule has 0 aliphatic rings. The van der Waals surface area contributed by atoms with Crippen LogP contribution in [0.15, 0.2) is 18.3 Å². The summed E-state index contributed by atoms with van der Waals surface area (Å²) in [5.74, 6) is -1.53. The fourth-order valence-electron chi connectivity index (χ4n) is 1.00. The zero-order valence-electron chi connectivity index (χ0n) is 11.0. The first-order chi connectivity index (χ1) is 9.01. The number of hydrogen-bond acceptors (Lipinski definition) is 4. The second-order valence-electron chi connectivity index (χ2n) is 5.00. The fourth-order valence-corrected chi connectivity index (χ4v) is 1.00. The molecule has 0 bridgehead atoms. The van der Waals surface area contributed by atoms with Crippen LogP contribution in [-0.4, -0.2) is 16.9 Å². The van der Waals surface area contributed by atoms with Crippen molar-refractivity contribution in [3.05, 3.63) is 29.6 Å². The lowest BCUT2D eigenvalue weighted by Gasteiger charge is -2.15. The third kappa shape index (κ3) is 4.22. The van der Waals surface area contributed by atoms with Crippen LogP contribution in [0.25, 0.3) is 0 Å². The Bertz CT molecular complexity index is 504. The second kappa shape index (κ2) is 5.48. The van der Waals surface area contributed by atoms with Crippen molar-refractivity contribution < 1.29 is 27.6 Å². The molecule has 0 saturated carbocycles. The average Bonchev–Trinajstić information content (AvgIpc) is 2.33. The molecule has 0 aliphatic heterocycles. The van der Waals surface area contributed by atoms with E-state index in [1.165, 1.54) is 0 Å². The van der Waals surface area contributed by atoms with Crippen molar-refractivity contribution in [2.45, 2.75) is 26.9 Å². The van der Waals surface area contributed by atoms with Crippen LogP contribution in [-0.2, 0) is 15.8 Å². The maximum Gasteiger partial charge on any atom is 0.433 e. The Hall–Kier alpha value is -2.12. The molecular weight excluding hydrogens is 277 g/mol. The van der Waals surface area contributed by atoms with Crippen LogP contribution in [0.4, 0.5) is 13.2 Å². The Kier molecular flexibility index (Phi) is 4.36. The molecule has 110 valence electrons. The summed E-state index contributed by atoms with van der Waals surface area (Å²) in [4.78, 5) is 30.6. The van der Waals surface area contributed by atoms with E-state index in [1.54, 1.807) is 20.8 Å². The standard InChI is InChI=1S/C12H13F3N2O3/c1-11(2,3)10(19)20-17-9(18)7-4-5-8(16-6-7)12(13,14)15/h4-6H,1-3H3,(H,17,18). The van der Waals surface area contributed by atoms with Gasteiger partial charge < -0.3 is 4.84 Å². The molecule has 0 radical (unpaired) electrons. The van der Waals surface area contributed by atoms with Gasteiger partial charge in [-0.3, -0.25) is 9.78 Å². The van der Waals surface area contributed by atoms with Gasteiger partial charge in [0, 0.05) is 6.20 Å². The van der Waals surface area contributed by atoms with E-state index < -0.39 is 29.2 Å². The van der Waals surface area contributed by atoms with Crippen LogP contribution in [0, 0.1) is 5.41 Å². The van der Waals surface area contributed by atoms with E-state index in [2.05, 4.69) is 9.82 Å². The van der Waals surface area contributed by atoms with Crippen molar-refractivity contribution in [2.75, 3.05) is 0 Å². The Morgan fingerprint density at radius 2 is 1.80 bits per heavy atom. The molecule has 1 rings (SSSR count). The largest absolute Gasteiger partial charge is 0.433 e. The van der Waals surface area contributed by atoms with Gasteiger partial charge in [-0.05, 0) is 32.9 Å². The summed E-state index contributed by atoms with van der Waals surface area (Å²) in [6.45, 7) is 4.75. The van der Waals surface area contributed by atoms with Crippen molar-refractivity contribution in [1.82, 2.24) is 10.5 Å². The number of halogens is 3. The number of amides is 1. The van der Waals surface area contributed by atoms with E-state index in [4.69, 9.17) is 0 Å². The number of carbonyl (C=O) groups excluding carboxylic acids is 2. The third-order valence-corrected chi connectivity index (χ3v) is 2.16. The number of pyridine rings is 1. The van der Waals surface area contributed by atoms with Gasteiger partial charge in [-0.15, -0.1) is 0 Å². The Labute approximate surface area is 113 Å². The van der Waals surface area contributed by atoms with E-state index >= 15 is 0 Å². The molecule has 1 amide bonds. The molecule has 0 unspecified atom stereocenters. The SMILES string of the molecule is CC(C)(C)C(=O)ONC(=O)c1ccc(C(F)(F)F)nc1. The monoisotopic (exact) mass is 290 g/mol. The van der Waals surface area contributed by atoms with Crippen molar-refractivity contribution in [3.8, 4) is 0 Å². The molecule has 1 aromatic heterocycles. The predicted octanol–water partition coefficient (Wildman–Crippen LogP) is 2.33. The van der Waals surface area contributed by atoms with Crippen LogP contribution in [0.2, 0.25) is 0 Å². The number of hydrogen-bond donors (Lipinski definition) is 1.